The first-order valence-corrected chi connectivity index (χ1v) is 11.7. The number of aliphatic hydroxyl groups excluding tert-OH is 3. The topological polar surface area (TPSA) is 201 Å². The van der Waals surface area contributed by atoms with E-state index in [1.807, 2.05) is 0 Å². The highest BCUT2D eigenvalue weighted by Crippen LogP contribution is 2.28. The number of ether oxygens (including phenoxy) is 2. The third-order valence-corrected chi connectivity index (χ3v) is 5.24. The van der Waals surface area contributed by atoms with Crippen LogP contribution in [0.3, 0.4) is 0 Å². The van der Waals surface area contributed by atoms with Crippen molar-refractivity contribution in [1.29, 1.82) is 0 Å². The lowest BCUT2D eigenvalue weighted by atomic mass is 10.1. The Morgan fingerprint density at radius 2 is 1.92 bits per heavy atom. The largest absolute Gasteiger partial charge is 0.444 e. The van der Waals surface area contributed by atoms with Crippen molar-refractivity contribution < 1.29 is 43.6 Å². The van der Waals surface area contributed by atoms with Crippen LogP contribution in [0.2, 0.25) is 0 Å². The van der Waals surface area contributed by atoms with Crippen LogP contribution >= 0.6 is 0 Å². The second-order valence-corrected chi connectivity index (χ2v) is 9.52. The van der Waals surface area contributed by atoms with E-state index in [4.69, 9.17) is 9.47 Å². The third-order valence-electron chi connectivity index (χ3n) is 5.24. The van der Waals surface area contributed by atoms with E-state index in [0.717, 1.165) is 0 Å². The molecule has 2 rings (SSSR count). The minimum atomic E-state index is -1.64. The number of rotatable bonds is 10. The van der Waals surface area contributed by atoms with E-state index in [9.17, 15) is 38.9 Å². The smallest absolute Gasteiger partial charge is 0.408 e. The lowest BCUT2D eigenvalue weighted by molar-refractivity contribution is -0.119. The normalized spacial score (nSPS) is 22.3. The maximum Gasteiger partial charge on any atom is 0.408 e. The van der Waals surface area contributed by atoms with Crippen LogP contribution in [0.15, 0.2) is 11.0 Å². The van der Waals surface area contributed by atoms with Crippen molar-refractivity contribution in [1.82, 2.24) is 20.2 Å². The number of hydrogen-bond acceptors (Lipinski definition) is 10. The fourth-order valence-corrected chi connectivity index (χ4v) is 3.49. The number of nitrogens with one attached hydrogen (secondary N) is 3. The van der Waals surface area contributed by atoms with Gasteiger partial charge in [-0.25, -0.2) is 14.0 Å². The summed E-state index contributed by atoms with van der Waals surface area (Å²) >= 11 is 0. The fourth-order valence-electron chi connectivity index (χ4n) is 3.49. The second-order valence-electron chi connectivity index (χ2n) is 9.52. The van der Waals surface area contributed by atoms with Crippen LogP contribution in [0.25, 0.3) is 0 Å². The molecule has 0 bridgehead atoms. The van der Waals surface area contributed by atoms with Crippen molar-refractivity contribution in [2.24, 2.45) is 0 Å². The van der Waals surface area contributed by atoms with Crippen LogP contribution in [0.5, 0.6) is 0 Å². The zero-order chi connectivity index (χ0) is 27.9. The number of unbranched alkanes of at least 4 members (excludes halogenated alkanes) is 1. The van der Waals surface area contributed by atoms with Gasteiger partial charge in [0.1, 0.15) is 30.0 Å². The first-order valence-electron chi connectivity index (χ1n) is 11.7. The lowest BCUT2D eigenvalue weighted by Gasteiger charge is -2.23. The van der Waals surface area contributed by atoms with Gasteiger partial charge in [-0.05, 0) is 40.0 Å². The number of carbonyl (C=O) groups is 3. The summed E-state index contributed by atoms with van der Waals surface area (Å²) in [6.45, 7) is 5.97. The number of amides is 3. The molecule has 37 heavy (non-hydrogen) atoms. The van der Waals surface area contributed by atoms with Gasteiger partial charge in [0.25, 0.3) is 0 Å². The molecule has 0 aromatic carbocycles. The minimum Gasteiger partial charge on any atom is -0.444 e. The summed E-state index contributed by atoms with van der Waals surface area (Å²) in [5.41, 5.74) is -1.96. The van der Waals surface area contributed by atoms with Gasteiger partial charge in [-0.15, -0.1) is 0 Å². The van der Waals surface area contributed by atoms with Crippen molar-refractivity contribution in [3.63, 3.8) is 0 Å². The van der Waals surface area contributed by atoms with Crippen molar-refractivity contribution in [2.75, 3.05) is 18.5 Å². The van der Waals surface area contributed by atoms with Crippen LogP contribution in [0.1, 0.15) is 53.2 Å². The van der Waals surface area contributed by atoms with Crippen LogP contribution in [-0.4, -0.2) is 85.9 Å². The Kier molecular flexibility index (Phi) is 10.5. The van der Waals surface area contributed by atoms with Crippen LogP contribution in [0.4, 0.5) is 15.0 Å². The molecule has 0 aliphatic carbocycles. The fraction of sp³-hybridized carbons (Fsp3) is 0.682. The first-order chi connectivity index (χ1) is 17.2. The molecule has 208 valence electrons. The molecule has 1 aliphatic rings. The number of alkyl carbamates (subject to hydrolysis) is 1. The molecule has 15 heteroatoms. The van der Waals surface area contributed by atoms with E-state index >= 15 is 0 Å². The van der Waals surface area contributed by atoms with E-state index in [-0.39, 0.29) is 12.3 Å². The Bertz CT molecular complexity index is 1030. The summed E-state index contributed by atoms with van der Waals surface area (Å²) in [4.78, 5) is 52.1. The average Bonchev–Trinajstić information content (AvgIpc) is 3.07. The molecule has 14 nitrogen and oxygen atoms in total. The summed E-state index contributed by atoms with van der Waals surface area (Å²) in [6.07, 6.45) is -5.13. The average molecular weight is 532 g/mol. The molecule has 3 amide bonds. The quantitative estimate of drug-likeness (QED) is 0.206. The molecule has 5 atom stereocenters. The highest BCUT2D eigenvalue weighted by molar-refractivity contribution is 5.95. The summed E-state index contributed by atoms with van der Waals surface area (Å²) in [6, 6.07) is -1.18. The van der Waals surface area contributed by atoms with E-state index in [2.05, 4.69) is 20.9 Å². The van der Waals surface area contributed by atoms with Crippen molar-refractivity contribution in [3.05, 3.63) is 22.5 Å². The molecule has 1 aliphatic heterocycles. The molecule has 6 N–H and O–H groups in total. The Hall–Kier alpha value is -3.14. The highest BCUT2D eigenvalue weighted by atomic mass is 19.1. The molecule has 2 unspecified atom stereocenters. The van der Waals surface area contributed by atoms with E-state index in [1.165, 1.54) is 6.92 Å². The summed E-state index contributed by atoms with van der Waals surface area (Å²) in [5, 5.41) is 36.3. The van der Waals surface area contributed by atoms with Gasteiger partial charge >= 0.3 is 11.8 Å². The number of halogens is 1. The van der Waals surface area contributed by atoms with Crippen molar-refractivity contribution >= 4 is 23.7 Å². The van der Waals surface area contributed by atoms with Gasteiger partial charge in [-0.1, -0.05) is 0 Å². The predicted molar refractivity (Wildman–Crippen MR) is 126 cm³/mol. The van der Waals surface area contributed by atoms with Gasteiger partial charge in [-0.2, -0.15) is 4.98 Å². The number of hydrogen-bond donors (Lipinski definition) is 6. The van der Waals surface area contributed by atoms with Gasteiger partial charge in [0.15, 0.2) is 17.9 Å². The van der Waals surface area contributed by atoms with Crippen LogP contribution in [-0.2, 0) is 19.1 Å². The molecule has 2 heterocycles. The molecule has 1 aromatic rings. The van der Waals surface area contributed by atoms with Crippen molar-refractivity contribution in [2.45, 2.75) is 83.1 Å². The monoisotopic (exact) mass is 531 g/mol. The molecule has 1 aromatic heterocycles. The van der Waals surface area contributed by atoms with Gasteiger partial charge < -0.3 is 40.7 Å². The summed E-state index contributed by atoms with van der Waals surface area (Å²) in [7, 11) is 0. The van der Waals surface area contributed by atoms with Crippen molar-refractivity contribution in [3.8, 4) is 0 Å². The maximum atomic E-state index is 14.8. The summed E-state index contributed by atoms with van der Waals surface area (Å²) < 4.78 is 25.8. The predicted octanol–water partition coefficient (Wildman–Crippen LogP) is -0.868. The zero-order valence-corrected chi connectivity index (χ0v) is 21.1. The Morgan fingerprint density at radius 1 is 1.24 bits per heavy atom. The minimum absolute atomic E-state index is 0.103. The zero-order valence-electron chi connectivity index (χ0n) is 21.1. The Balaban J connectivity index is 2.16. The summed E-state index contributed by atoms with van der Waals surface area (Å²) in [5.74, 6) is -2.98. The van der Waals surface area contributed by atoms with E-state index in [0.29, 0.717) is 30.2 Å². The highest BCUT2D eigenvalue weighted by Gasteiger charge is 2.44. The van der Waals surface area contributed by atoms with Gasteiger partial charge in [0.2, 0.25) is 11.8 Å². The molecule has 0 spiro atoms. The SMILES string of the molecule is CC(=O)NCCCC[C@@H](NC(=O)OC(C)(C)C)C(=O)Nc1nc(=O)n([C@@H]2O[C@H](CO)C(O)C2O)cc1F. The van der Waals surface area contributed by atoms with E-state index < -0.39 is 72.1 Å². The van der Waals surface area contributed by atoms with Crippen LogP contribution in [0, 0.1) is 5.82 Å². The van der Waals surface area contributed by atoms with Crippen LogP contribution < -0.4 is 21.6 Å². The molecule has 0 radical (unpaired) electrons. The molecular weight excluding hydrogens is 497 g/mol. The second kappa shape index (κ2) is 12.9. The number of anilines is 1. The maximum absolute atomic E-state index is 14.8. The lowest BCUT2D eigenvalue weighted by Crippen LogP contribution is -2.46. The first kappa shape index (κ1) is 30.1. The number of nitrogens with zero attached hydrogens (tertiary/aromatic N) is 2. The number of aliphatic hydroxyl groups is 3. The molecule has 1 fully saturated rings. The van der Waals surface area contributed by atoms with E-state index in [1.54, 1.807) is 20.8 Å². The molecular formula is C22H34FN5O9. The van der Waals surface area contributed by atoms with Gasteiger partial charge in [-0.3, -0.25) is 14.2 Å². The third kappa shape index (κ3) is 8.73. The van der Waals surface area contributed by atoms with Gasteiger partial charge in [0.05, 0.1) is 12.8 Å². The van der Waals surface area contributed by atoms with Gasteiger partial charge in [0, 0.05) is 13.5 Å². The number of carbonyl (C=O) groups excluding carboxylic acids is 3. The Morgan fingerprint density at radius 3 is 2.49 bits per heavy atom. The Labute approximate surface area is 212 Å². The number of aromatic nitrogens is 2. The standard InChI is InChI=1S/C22H34FN5O9/c1-11(30)24-8-6-5-7-13(25-21(35)37-22(2,3)4)18(33)26-17-12(23)9-28(20(34)27-17)19-16(32)15(31)14(10-29)36-19/h9,13-16,19,29,31-32H,5-8,10H2,1-4H3,(H,24,30)(H,25,35)(H,26,27,33,34)/t13-,14-,15?,16?,19-/m1/s1. The molecule has 1 saturated heterocycles. The molecule has 0 saturated carbocycles.